The van der Waals surface area contributed by atoms with E-state index in [1.807, 2.05) is 25.2 Å². The number of rotatable bonds is 5. The quantitative estimate of drug-likeness (QED) is 0.454. The first-order chi connectivity index (χ1) is 10.3. The monoisotopic (exact) mass is 300 g/mol. The molecule has 0 bridgehead atoms. The smallest absolute Gasteiger partial charge is 0.143 e. The predicted octanol–water partition coefficient (Wildman–Crippen LogP) is 4.69. The maximum atomic E-state index is 10.3. The molecule has 0 heterocycles. The molecule has 0 spiro atoms. The molecule has 0 amide bonds. The van der Waals surface area contributed by atoms with E-state index in [4.69, 9.17) is 0 Å². The molecule has 120 valence electrons. The van der Waals surface area contributed by atoms with Gasteiger partial charge in [0, 0.05) is 0 Å². The van der Waals surface area contributed by atoms with Crippen LogP contribution in [0.4, 0.5) is 0 Å². The zero-order chi connectivity index (χ0) is 16.8. The van der Waals surface area contributed by atoms with Crippen LogP contribution in [0.1, 0.15) is 47.5 Å². The molecule has 1 atom stereocenters. The predicted molar refractivity (Wildman–Crippen MR) is 93.6 cm³/mol. The van der Waals surface area contributed by atoms with Crippen molar-refractivity contribution >= 4 is 6.29 Å². The van der Waals surface area contributed by atoms with Gasteiger partial charge in [-0.3, -0.25) is 4.79 Å². The summed E-state index contributed by atoms with van der Waals surface area (Å²) in [7, 11) is 0. The number of allylic oxidation sites excluding steroid dienone is 9. The van der Waals surface area contributed by atoms with Crippen LogP contribution < -0.4 is 0 Å². The summed E-state index contributed by atoms with van der Waals surface area (Å²) in [6.45, 7) is 10.4. The Balaban J connectivity index is 2.84. The molecule has 22 heavy (non-hydrogen) atoms. The first-order valence-corrected chi connectivity index (χ1v) is 7.79. The van der Waals surface area contributed by atoms with E-state index in [1.165, 1.54) is 11.1 Å². The average Bonchev–Trinajstić information content (AvgIpc) is 2.36. The van der Waals surface area contributed by atoms with E-state index in [9.17, 15) is 9.90 Å². The third-order valence-electron chi connectivity index (χ3n) is 4.04. The maximum Gasteiger partial charge on any atom is 0.143 e. The van der Waals surface area contributed by atoms with Crippen molar-refractivity contribution in [3.63, 3.8) is 0 Å². The Morgan fingerprint density at radius 2 is 1.82 bits per heavy atom. The van der Waals surface area contributed by atoms with Crippen molar-refractivity contribution in [2.75, 3.05) is 0 Å². The third-order valence-corrected chi connectivity index (χ3v) is 4.04. The van der Waals surface area contributed by atoms with Crippen LogP contribution in [0, 0.1) is 5.41 Å². The molecule has 0 saturated carbocycles. The Hall–Kier alpha value is -1.67. The van der Waals surface area contributed by atoms with Crippen LogP contribution in [0.25, 0.3) is 0 Å². The summed E-state index contributed by atoms with van der Waals surface area (Å²) < 4.78 is 0. The molecular weight excluding hydrogens is 272 g/mol. The highest BCUT2D eigenvalue weighted by molar-refractivity contribution is 5.66. The first kappa shape index (κ1) is 18.4. The Labute approximate surface area is 134 Å². The number of carbonyl (C=O) groups is 1. The zero-order valence-electron chi connectivity index (χ0n) is 14.4. The number of aliphatic hydroxyl groups excluding tert-OH is 1. The second-order valence-electron chi connectivity index (χ2n) is 6.79. The van der Waals surface area contributed by atoms with E-state index in [0.717, 1.165) is 30.3 Å². The molecule has 2 heteroatoms. The van der Waals surface area contributed by atoms with Crippen molar-refractivity contribution < 1.29 is 9.90 Å². The van der Waals surface area contributed by atoms with Crippen molar-refractivity contribution in [2.45, 2.75) is 53.6 Å². The summed E-state index contributed by atoms with van der Waals surface area (Å²) in [6, 6.07) is 0. The second kappa shape index (κ2) is 8.09. The molecule has 1 N–H and O–H groups in total. The molecule has 0 saturated heterocycles. The van der Waals surface area contributed by atoms with Crippen LogP contribution in [0.5, 0.6) is 0 Å². The first-order valence-electron chi connectivity index (χ1n) is 7.79. The van der Waals surface area contributed by atoms with Gasteiger partial charge in [-0.25, -0.2) is 0 Å². The van der Waals surface area contributed by atoms with Crippen molar-refractivity contribution in [1.29, 1.82) is 0 Å². The van der Waals surface area contributed by atoms with Crippen LogP contribution in [0.15, 0.2) is 58.7 Å². The highest BCUT2D eigenvalue weighted by Crippen LogP contribution is 2.40. The molecule has 0 aromatic carbocycles. The highest BCUT2D eigenvalue weighted by atomic mass is 16.3. The molecule has 0 aliphatic heterocycles. The summed E-state index contributed by atoms with van der Waals surface area (Å²) in [5.74, 6) is 0. The molecule has 1 rings (SSSR count). The Bertz CT molecular complexity index is 554. The maximum absolute atomic E-state index is 10.3. The molecule has 1 aliphatic rings. The van der Waals surface area contributed by atoms with E-state index >= 15 is 0 Å². The van der Waals surface area contributed by atoms with E-state index in [2.05, 4.69) is 39.8 Å². The van der Waals surface area contributed by atoms with Crippen LogP contribution in [0.3, 0.4) is 0 Å². The van der Waals surface area contributed by atoms with Crippen LogP contribution in [-0.2, 0) is 4.79 Å². The fraction of sp³-hybridized carbons (Fsp3) is 0.450. The van der Waals surface area contributed by atoms with E-state index < -0.39 is 0 Å². The van der Waals surface area contributed by atoms with Gasteiger partial charge >= 0.3 is 0 Å². The second-order valence-corrected chi connectivity index (χ2v) is 6.79. The molecule has 0 aromatic heterocycles. The SMILES string of the molecule is CC1=C(/C=C/C(C)=C/C=C\C(C)=C\C=O)C(C)(C)C[C@@H](O)C1. The van der Waals surface area contributed by atoms with E-state index in [0.29, 0.717) is 0 Å². The van der Waals surface area contributed by atoms with Gasteiger partial charge < -0.3 is 5.11 Å². The number of carbonyl (C=O) groups excluding carboxylic acids is 1. The van der Waals surface area contributed by atoms with Gasteiger partial charge in [-0.1, -0.05) is 55.4 Å². The van der Waals surface area contributed by atoms with Crippen molar-refractivity contribution in [3.8, 4) is 0 Å². The van der Waals surface area contributed by atoms with Gasteiger partial charge in [-0.05, 0) is 56.3 Å². The summed E-state index contributed by atoms with van der Waals surface area (Å²) in [5, 5.41) is 9.91. The molecule has 1 aliphatic carbocycles. The summed E-state index contributed by atoms with van der Waals surface area (Å²) in [5.41, 5.74) is 4.69. The third kappa shape index (κ3) is 5.61. The van der Waals surface area contributed by atoms with Crippen molar-refractivity contribution in [2.24, 2.45) is 5.41 Å². The number of hydrogen-bond acceptors (Lipinski definition) is 2. The minimum atomic E-state index is -0.223. The molecular formula is C20H28O2. The van der Waals surface area contributed by atoms with Gasteiger partial charge in [-0.2, -0.15) is 0 Å². The van der Waals surface area contributed by atoms with Gasteiger partial charge in [0.1, 0.15) is 6.29 Å². The molecule has 0 unspecified atom stereocenters. The lowest BCUT2D eigenvalue weighted by Gasteiger charge is -2.35. The average molecular weight is 300 g/mol. The van der Waals surface area contributed by atoms with Crippen LogP contribution >= 0.6 is 0 Å². The van der Waals surface area contributed by atoms with Gasteiger partial charge in [0.25, 0.3) is 0 Å². The summed E-state index contributed by atoms with van der Waals surface area (Å²) >= 11 is 0. The lowest BCUT2D eigenvalue weighted by molar-refractivity contribution is -0.104. The topological polar surface area (TPSA) is 37.3 Å². The Kier molecular flexibility index (Phi) is 6.76. The van der Waals surface area contributed by atoms with Gasteiger partial charge in [0.05, 0.1) is 6.10 Å². The van der Waals surface area contributed by atoms with Crippen molar-refractivity contribution in [1.82, 2.24) is 0 Å². The van der Waals surface area contributed by atoms with Crippen LogP contribution in [0.2, 0.25) is 0 Å². The standard InChI is InChI=1S/C20H28O2/c1-15(7-6-8-16(2)11-12-21)9-10-19-17(3)13-18(22)14-20(19,4)5/h6-12,18,22H,13-14H2,1-5H3/b8-6-,10-9+,15-7+,16-11+/t18-/m0/s1. The molecule has 0 fully saturated rings. The summed E-state index contributed by atoms with van der Waals surface area (Å²) in [4.78, 5) is 10.3. The zero-order valence-corrected chi connectivity index (χ0v) is 14.4. The minimum absolute atomic E-state index is 0.0116. The molecule has 2 nitrogen and oxygen atoms in total. The normalized spacial score (nSPS) is 23.6. The number of aldehydes is 1. The fourth-order valence-electron chi connectivity index (χ4n) is 2.96. The fourth-order valence-corrected chi connectivity index (χ4v) is 2.96. The number of hydrogen-bond donors (Lipinski definition) is 1. The van der Waals surface area contributed by atoms with Crippen molar-refractivity contribution in [3.05, 3.63) is 58.7 Å². The van der Waals surface area contributed by atoms with E-state index in [1.54, 1.807) is 6.08 Å². The lowest BCUT2D eigenvalue weighted by Crippen LogP contribution is -2.28. The van der Waals surface area contributed by atoms with E-state index in [-0.39, 0.29) is 11.5 Å². The number of aliphatic hydroxyl groups is 1. The Morgan fingerprint density at radius 3 is 2.41 bits per heavy atom. The lowest BCUT2D eigenvalue weighted by atomic mass is 9.71. The van der Waals surface area contributed by atoms with Gasteiger partial charge in [-0.15, -0.1) is 0 Å². The Morgan fingerprint density at radius 1 is 1.18 bits per heavy atom. The molecule has 0 radical (unpaired) electrons. The van der Waals surface area contributed by atoms with Crippen LogP contribution in [-0.4, -0.2) is 17.5 Å². The minimum Gasteiger partial charge on any atom is -0.393 e. The molecule has 0 aromatic rings. The largest absolute Gasteiger partial charge is 0.393 e. The van der Waals surface area contributed by atoms with Gasteiger partial charge in [0.2, 0.25) is 0 Å². The highest BCUT2D eigenvalue weighted by Gasteiger charge is 2.31. The van der Waals surface area contributed by atoms with Gasteiger partial charge in [0.15, 0.2) is 0 Å². The summed E-state index contributed by atoms with van der Waals surface area (Å²) in [6.07, 6.45) is 13.9.